The number of halogens is 1. The summed E-state index contributed by atoms with van der Waals surface area (Å²) in [5, 5.41) is 8.21. The molecule has 0 radical (unpaired) electrons. The van der Waals surface area contributed by atoms with E-state index in [4.69, 9.17) is 11.6 Å². The van der Waals surface area contributed by atoms with Gasteiger partial charge in [0.05, 0.1) is 13.1 Å². The second-order valence-corrected chi connectivity index (χ2v) is 4.11. The summed E-state index contributed by atoms with van der Waals surface area (Å²) >= 11 is 6.12. The molecule has 0 aliphatic heterocycles. The van der Waals surface area contributed by atoms with Gasteiger partial charge in [0.25, 0.3) is 0 Å². The quantitative estimate of drug-likeness (QED) is 0.884. The van der Waals surface area contributed by atoms with Gasteiger partial charge in [-0.2, -0.15) is 5.10 Å². The minimum atomic E-state index is 0.653. The number of aromatic nitrogens is 3. The summed E-state index contributed by atoms with van der Waals surface area (Å²) in [6.45, 7) is 4.36. The molecule has 1 aromatic heterocycles. The fraction of sp³-hybridized carbons (Fsp3) is 0.333. The molecule has 1 heterocycles. The van der Waals surface area contributed by atoms with E-state index >= 15 is 0 Å². The van der Waals surface area contributed by atoms with E-state index in [9.17, 15) is 0 Å². The third kappa shape index (κ3) is 3.05. The van der Waals surface area contributed by atoms with Gasteiger partial charge in [-0.15, -0.1) is 0 Å². The molecule has 4 nitrogen and oxygen atoms in total. The predicted molar refractivity (Wildman–Crippen MR) is 68.0 cm³/mol. The third-order valence-electron chi connectivity index (χ3n) is 2.51. The van der Waals surface area contributed by atoms with Gasteiger partial charge in [-0.25, -0.2) is 9.67 Å². The van der Waals surface area contributed by atoms with Crippen molar-refractivity contribution in [3.05, 3.63) is 47.0 Å². The van der Waals surface area contributed by atoms with Gasteiger partial charge >= 0.3 is 0 Å². The zero-order valence-electron chi connectivity index (χ0n) is 9.73. The Morgan fingerprint density at radius 1 is 1.35 bits per heavy atom. The van der Waals surface area contributed by atoms with Crippen molar-refractivity contribution < 1.29 is 0 Å². The molecule has 0 bridgehead atoms. The molecular weight excluding hydrogens is 236 g/mol. The maximum absolute atomic E-state index is 6.12. The molecule has 0 aliphatic rings. The molecule has 2 aromatic rings. The second kappa shape index (κ2) is 5.80. The smallest absolute Gasteiger partial charge is 0.141 e. The van der Waals surface area contributed by atoms with Crippen molar-refractivity contribution in [2.45, 2.75) is 20.0 Å². The van der Waals surface area contributed by atoms with E-state index in [1.807, 2.05) is 28.9 Å². The van der Waals surface area contributed by atoms with Gasteiger partial charge in [0, 0.05) is 5.02 Å². The third-order valence-corrected chi connectivity index (χ3v) is 2.88. The lowest BCUT2D eigenvalue weighted by Gasteiger charge is -2.07. The molecule has 90 valence electrons. The minimum absolute atomic E-state index is 0.653. The van der Waals surface area contributed by atoms with E-state index in [2.05, 4.69) is 22.3 Å². The average Bonchev–Trinajstić information content (AvgIpc) is 2.77. The number of rotatable bonds is 5. The molecule has 0 amide bonds. The molecule has 1 N–H and O–H groups in total. The summed E-state index contributed by atoms with van der Waals surface area (Å²) in [6.07, 6.45) is 1.57. The van der Waals surface area contributed by atoms with Gasteiger partial charge in [0.1, 0.15) is 12.2 Å². The lowest BCUT2D eigenvalue weighted by atomic mass is 10.2. The molecule has 0 unspecified atom stereocenters. The largest absolute Gasteiger partial charge is 0.310 e. The average molecular weight is 251 g/mol. The van der Waals surface area contributed by atoms with Crippen LogP contribution in [-0.4, -0.2) is 21.3 Å². The van der Waals surface area contributed by atoms with Crippen LogP contribution >= 0.6 is 11.6 Å². The minimum Gasteiger partial charge on any atom is -0.310 e. The van der Waals surface area contributed by atoms with Crippen LogP contribution in [0.3, 0.4) is 0 Å². The summed E-state index contributed by atoms with van der Waals surface area (Å²) in [4.78, 5) is 4.23. The lowest BCUT2D eigenvalue weighted by molar-refractivity contribution is 0.596. The molecule has 0 aliphatic carbocycles. The molecule has 17 heavy (non-hydrogen) atoms. The summed E-state index contributed by atoms with van der Waals surface area (Å²) in [5.41, 5.74) is 1.05. The van der Waals surface area contributed by atoms with Crippen LogP contribution in [0.15, 0.2) is 30.6 Å². The highest BCUT2D eigenvalue weighted by Crippen LogP contribution is 2.16. The molecule has 0 saturated heterocycles. The highest BCUT2D eigenvalue weighted by molar-refractivity contribution is 6.31. The molecular formula is C12H15ClN4. The summed E-state index contributed by atoms with van der Waals surface area (Å²) in [6, 6.07) is 7.79. The zero-order valence-corrected chi connectivity index (χ0v) is 10.5. The normalized spacial score (nSPS) is 10.7. The van der Waals surface area contributed by atoms with Crippen LogP contribution in [-0.2, 0) is 13.1 Å². The van der Waals surface area contributed by atoms with E-state index in [1.165, 1.54) is 0 Å². The fourth-order valence-corrected chi connectivity index (χ4v) is 1.78. The number of nitrogens with zero attached hydrogens (tertiary/aromatic N) is 3. The lowest BCUT2D eigenvalue weighted by Crippen LogP contribution is -2.17. The van der Waals surface area contributed by atoms with Crippen molar-refractivity contribution >= 4 is 11.6 Å². The molecule has 0 spiro atoms. The molecule has 2 rings (SSSR count). The summed E-state index contributed by atoms with van der Waals surface area (Å²) in [5.74, 6) is 0.923. The summed E-state index contributed by atoms with van der Waals surface area (Å²) in [7, 11) is 0. The molecule has 0 atom stereocenters. The number of benzene rings is 1. The van der Waals surface area contributed by atoms with Crippen LogP contribution in [0.2, 0.25) is 5.02 Å². The van der Waals surface area contributed by atoms with Crippen LogP contribution < -0.4 is 5.32 Å². The second-order valence-electron chi connectivity index (χ2n) is 3.71. The topological polar surface area (TPSA) is 42.7 Å². The van der Waals surface area contributed by atoms with Gasteiger partial charge in [-0.3, -0.25) is 0 Å². The van der Waals surface area contributed by atoms with Crippen LogP contribution in [0, 0.1) is 0 Å². The van der Waals surface area contributed by atoms with E-state index in [-0.39, 0.29) is 0 Å². The standard InChI is InChI=1S/C12H15ClN4/c1-2-14-7-12-15-9-16-17(12)8-10-5-3-4-6-11(10)13/h3-6,9,14H,2,7-8H2,1H3. The highest BCUT2D eigenvalue weighted by atomic mass is 35.5. The maximum atomic E-state index is 6.12. The van der Waals surface area contributed by atoms with Crippen LogP contribution in [0.4, 0.5) is 0 Å². The monoisotopic (exact) mass is 250 g/mol. The van der Waals surface area contributed by atoms with E-state index in [1.54, 1.807) is 6.33 Å². The van der Waals surface area contributed by atoms with Gasteiger partial charge in [-0.1, -0.05) is 36.7 Å². The van der Waals surface area contributed by atoms with Gasteiger partial charge in [0.15, 0.2) is 0 Å². The Balaban J connectivity index is 2.13. The Labute approximate surface area is 106 Å². The number of nitrogens with one attached hydrogen (secondary N) is 1. The Bertz CT molecular complexity index is 481. The van der Waals surface area contributed by atoms with Crippen molar-refractivity contribution in [2.75, 3.05) is 6.54 Å². The van der Waals surface area contributed by atoms with Gasteiger partial charge < -0.3 is 5.32 Å². The Hall–Kier alpha value is -1.39. The molecule has 1 aromatic carbocycles. The Morgan fingerprint density at radius 3 is 2.94 bits per heavy atom. The van der Waals surface area contributed by atoms with Gasteiger partial charge in [-0.05, 0) is 18.2 Å². The first-order valence-electron chi connectivity index (χ1n) is 5.62. The van der Waals surface area contributed by atoms with Crippen LogP contribution in [0.25, 0.3) is 0 Å². The van der Waals surface area contributed by atoms with Gasteiger partial charge in [0.2, 0.25) is 0 Å². The fourth-order valence-electron chi connectivity index (χ4n) is 1.58. The zero-order chi connectivity index (χ0) is 12.1. The Morgan fingerprint density at radius 2 is 2.18 bits per heavy atom. The van der Waals surface area contributed by atoms with Crippen LogP contribution in [0.5, 0.6) is 0 Å². The predicted octanol–water partition coefficient (Wildman–Crippen LogP) is 2.09. The number of hydrogen-bond donors (Lipinski definition) is 1. The molecule has 5 heteroatoms. The van der Waals surface area contributed by atoms with E-state index in [0.717, 1.165) is 29.5 Å². The highest BCUT2D eigenvalue weighted by Gasteiger charge is 2.06. The van der Waals surface area contributed by atoms with Crippen LogP contribution in [0.1, 0.15) is 18.3 Å². The molecule has 0 fully saturated rings. The maximum Gasteiger partial charge on any atom is 0.141 e. The van der Waals surface area contributed by atoms with Crippen molar-refractivity contribution in [3.8, 4) is 0 Å². The van der Waals surface area contributed by atoms with E-state index < -0.39 is 0 Å². The molecule has 0 saturated carbocycles. The van der Waals surface area contributed by atoms with E-state index in [0.29, 0.717) is 6.54 Å². The first-order valence-corrected chi connectivity index (χ1v) is 6.00. The van der Waals surface area contributed by atoms with Crippen molar-refractivity contribution in [1.82, 2.24) is 20.1 Å². The Kier molecular flexibility index (Phi) is 4.12. The SMILES string of the molecule is CCNCc1ncnn1Cc1ccccc1Cl. The van der Waals surface area contributed by atoms with Crippen molar-refractivity contribution in [3.63, 3.8) is 0 Å². The first-order chi connectivity index (χ1) is 8.31. The summed E-state index contributed by atoms with van der Waals surface area (Å²) < 4.78 is 1.86. The van der Waals surface area contributed by atoms with Crippen molar-refractivity contribution in [1.29, 1.82) is 0 Å². The first kappa shape index (κ1) is 12.1. The van der Waals surface area contributed by atoms with Crippen molar-refractivity contribution in [2.24, 2.45) is 0 Å². The number of hydrogen-bond acceptors (Lipinski definition) is 3.